The van der Waals surface area contributed by atoms with Crippen molar-refractivity contribution in [3.05, 3.63) is 59.9 Å². The fourth-order valence-electron chi connectivity index (χ4n) is 4.82. The average Bonchev–Trinajstić information content (AvgIpc) is 3.40. The highest BCUT2D eigenvalue weighted by atomic mass is 16.1. The monoisotopic (exact) mass is 388 g/mol. The summed E-state index contributed by atoms with van der Waals surface area (Å²) in [6.07, 6.45) is 6.64. The zero-order chi connectivity index (χ0) is 19.6. The summed E-state index contributed by atoms with van der Waals surface area (Å²) in [5.41, 5.74) is 4.17. The Morgan fingerprint density at radius 1 is 1.07 bits per heavy atom. The minimum absolute atomic E-state index is 0.0459. The molecule has 0 saturated heterocycles. The molecule has 1 amide bonds. The number of imidazole rings is 1. The van der Waals surface area contributed by atoms with Gasteiger partial charge in [0.1, 0.15) is 5.82 Å². The van der Waals surface area contributed by atoms with E-state index in [1.165, 1.54) is 36.8 Å². The van der Waals surface area contributed by atoms with Crippen LogP contribution < -0.4 is 5.32 Å². The van der Waals surface area contributed by atoms with Gasteiger partial charge >= 0.3 is 0 Å². The van der Waals surface area contributed by atoms with Gasteiger partial charge in [-0.3, -0.25) is 9.69 Å². The second-order valence-electron chi connectivity index (χ2n) is 8.33. The number of carbonyl (C=O) groups is 1. The molecule has 3 aromatic rings. The van der Waals surface area contributed by atoms with E-state index in [1.54, 1.807) is 0 Å². The molecule has 0 unspecified atom stereocenters. The number of aryl methyl sites for hydroxylation is 1. The summed E-state index contributed by atoms with van der Waals surface area (Å²) in [4.78, 5) is 19.9. The third-order valence-corrected chi connectivity index (χ3v) is 6.39. The Balaban J connectivity index is 1.26. The Bertz CT molecular complexity index is 1000. The lowest BCUT2D eigenvalue weighted by Crippen LogP contribution is -2.39. The zero-order valence-electron chi connectivity index (χ0n) is 16.8. The van der Waals surface area contributed by atoms with Crippen molar-refractivity contribution in [2.24, 2.45) is 0 Å². The highest BCUT2D eigenvalue weighted by molar-refractivity contribution is 5.93. The third-order valence-electron chi connectivity index (χ3n) is 6.39. The van der Waals surface area contributed by atoms with Gasteiger partial charge in [0.15, 0.2) is 0 Å². The van der Waals surface area contributed by atoms with Crippen LogP contribution in [0.5, 0.6) is 0 Å². The summed E-state index contributed by atoms with van der Waals surface area (Å²) >= 11 is 0. The van der Waals surface area contributed by atoms with Gasteiger partial charge in [-0.1, -0.05) is 43.2 Å². The van der Waals surface area contributed by atoms with Crippen molar-refractivity contribution in [2.75, 3.05) is 11.9 Å². The standard InChI is InChI=1S/C24H28N4O/c29-24(13-10-18-6-2-1-3-7-18)25-19-11-12-22-21(16-19)26-23-17-27(14-15-28(22)23)20-8-4-5-9-20/h1-3,6-7,11-12,16,20H,4-5,8-10,13-15,17H2,(H,25,29). The number of amides is 1. The van der Waals surface area contributed by atoms with Gasteiger partial charge in [0.25, 0.3) is 0 Å². The fraction of sp³-hybridized carbons (Fsp3) is 0.417. The number of nitrogens with one attached hydrogen (secondary N) is 1. The predicted molar refractivity (Wildman–Crippen MR) is 116 cm³/mol. The van der Waals surface area contributed by atoms with E-state index in [2.05, 4.69) is 33.0 Å². The second kappa shape index (κ2) is 7.99. The molecule has 5 rings (SSSR count). The lowest BCUT2D eigenvalue weighted by Gasteiger charge is -2.32. The van der Waals surface area contributed by atoms with Gasteiger partial charge in [0.2, 0.25) is 5.91 Å². The largest absolute Gasteiger partial charge is 0.326 e. The summed E-state index contributed by atoms with van der Waals surface area (Å²) in [7, 11) is 0. The van der Waals surface area contributed by atoms with Gasteiger partial charge in [0.05, 0.1) is 17.6 Å². The topological polar surface area (TPSA) is 50.2 Å². The van der Waals surface area contributed by atoms with Crippen molar-refractivity contribution >= 4 is 22.6 Å². The summed E-state index contributed by atoms with van der Waals surface area (Å²) in [6, 6.07) is 17.0. The number of hydrogen-bond donors (Lipinski definition) is 1. The molecule has 2 heterocycles. The quantitative estimate of drug-likeness (QED) is 0.706. The highest BCUT2D eigenvalue weighted by Gasteiger charge is 2.27. The molecule has 1 N–H and O–H groups in total. The fourth-order valence-corrected chi connectivity index (χ4v) is 4.82. The number of benzene rings is 2. The molecule has 0 spiro atoms. The van der Waals surface area contributed by atoms with E-state index in [4.69, 9.17) is 4.98 Å². The van der Waals surface area contributed by atoms with Crippen LogP contribution in [0.3, 0.4) is 0 Å². The lowest BCUT2D eigenvalue weighted by molar-refractivity contribution is -0.116. The number of anilines is 1. The molecule has 1 aliphatic heterocycles. The molecule has 1 aromatic heterocycles. The van der Waals surface area contributed by atoms with Gasteiger partial charge < -0.3 is 9.88 Å². The van der Waals surface area contributed by atoms with Crippen molar-refractivity contribution in [1.29, 1.82) is 0 Å². The first-order valence-corrected chi connectivity index (χ1v) is 10.8. The van der Waals surface area contributed by atoms with E-state index in [0.29, 0.717) is 6.42 Å². The number of rotatable bonds is 5. The summed E-state index contributed by atoms with van der Waals surface area (Å²) in [5, 5.41) is 3.04. The number of fused-ring (bicyclic) bond motifs is 3. The molecule has 150 valence electrons. The molecule has 1 fully saturated rings. The van der Waals surface area contributed by atoms with E-state index >= 15 is 0 Å². The Kier molecular flexibility index (Phi) is 5.06. The number of aromatic nitrogens is 2. The van der Waals surface area contributed by atoms with Gasteiger partial charge in [-0.25, -0.2) is 4.98 Å². The van der Waals surface area contributed by atoms with E-state index in [9.17, 15) is 4.79 Å². The van der Waals surface area contributed by atoms with Crippen LogP contribution in [0.1, 0.15) is 43.5 Å². The predicted octanol–water partition coefficient (Wildman–Crippen LogP) is 4.37. The van der Waals surface area contributed by atoms with Gasteiger partial charge in [-0.15, -0.1) is 0 Å². The van der Waals surface area contributed by atoms with E-state index in [0.717, 1.165) is 49.1 Å². The Morgan fingerprint density at radius 2 is 1.90 bits per heavy atom. The first kappa shape index (κ1) is 18.4. The van der Waals surface area contributed by atoms with Crippen LogP contribution in [0.15, 0.2) is 48.5 Å². The Hall–Kier alpha value is -2.66. The van der Waals surface area contributed by atoms with Crippen LogP contribution in [0.4, 0.5) is 5.69 Å². The first-order valence-electron chi connectivity index (χ1n) is 10.8. The van der Waals surface area contributed by atoms with Crippen LogP contribution >= 0.6 is 0 Å². The Morgan fingerprint density at radius 3 is 2.72 bits per heavy atom. The molecule has 1 aliphatic carbocycles. The van der Waals surface area contributed by atoms with Crippen LogP contribution in [0.2, 0.25) is 0 Å². The number of hydrogen-bond acceptors (Lipinski definition) is 3. The maximum absolute atomic E-state index is 12.4. The highest BCUT2D eigenvalue weighted by Crippen LogP contribution is 2.29. The minimum atomic E-state index is 0.0459. The van der Waals surface area contributed by atoms with Crippen molar-refractivity contribution in [3.63, 3.8) is 0 Å². The van der Waals surface area contributed by atoms with Crippen LogP contribution in [-0.4, -0.2) is 32.9 Å². The van der Waals surface area contributed by atoms with Crippen molar-refractivity contribution in [2.45, 2.75) is 57.7 Å². The third kappa shape index (κ3) is 3.92. The minimum Gasteiger partial charge on any atom is -0.326 e. The maximum Gasteiger partial charge on any atom is 0.224 e. The molecule has 0 atom stereocenters. The molecule has 0 radical (unpaired) electrons. The summed E-state index contributed by atoms with van der Waals surface area (Å²) in [6.45, 7) is 3.06. The Labute approximate surface area is 171 Å². The normalized spacial score (nSPS) is 17.5. The van der Waals surface area contributed by atoms with Crippen LogP contribution in [0.25, 0.3) is 11.0 Å². The van der Waals surface area contributed by atoms with Crippen molar-refractivity contribution in [1.82, 2.24) is 14.5 Å². The van der Waals surface area contributed by atoms with Crippen LogP contribution in [-0.2, 0) is 24.3 Å². The molecular formula is C24H28N4O. The van der Waals surface area contributed by atoms with Gasteiger partial charge in [0, 0.05) is 31.2 Å². The van der Waals surface area contributed by atoms with E-state index < -0.39 is 0 Å². The van der Waals surface area contributed by atoms with E-state index in [1.807, 2.05) is 30.3 Å². The summed E-state index contributed by atoms with van der Waals surface area (Å²) in [5.74, 6) is 1.20. The van der Waals surface area contributed by atoms with Crippen LogP contribution in [0, 0.1) is 0 Å². The molecule has 29 heavy (non-hydrogen) atoms. The average molecular weight is 389 g/mol. The number of nitrogens with zero attached hydrogens (tertiary/aromatic N) is 3. The maximum atomic E-state index is 12.4. The molecule has 5 nitrogen and oxygen atoms in total. The van der Waals surface area contributed by atoms with Gasteiger partial charge in [-0.2, -0.15) is 0 Å². The van der Waals surface area contributed by atoms with Crippen molar-refractivity contribution < 1.29 is 4.79 Å². The first-order chi connectivity index (χ1) is 14.3. The van der Waals surface area contributed by atoms with Gasteiger partial charge in [-0.05, 0) is 43.0 Å². The molecule has 1 saturated carbocycles. The smallest absolute Gasteiger partial charge is 0.224 e. The second-order valence-corrected chi connectivity index (χ2v) is 8.33. The SMILES string of the molecule is O=C(CCc1ccccc1)Nc1ccc2c(c1)nc1n2CCN(C2CCCC2)C1. The molecule has 2 aromatic carbocycles. The molecule has 0 bridgehead atoms. The molecule has 2 aliphatic rings. The van der Waals surface area contributed by atoms with Crippen molar-refractivity contribution in [3.8, 4) is 0 Å². The van der Waals surface area contributed by atoms with E-state index in [-0.39, 0.29) is 5.91 Å². The number of carbonyl (C=O) groups excluding carboxylic acids is 1. The lowest BCUT2D eigenvalue weighted by atomic mass is 10.1. The summed E-state index contributed by atoms with van der Waals surface area (Å²) < 4.78 is 2.35. The molecular weight excluding hydrogens is 360 g/mol. The molecule has 5 heteroatoms. The zero-order valence-corrected chi connectivity index (χ0v) is 16.8.